The smallest absolute Gasteiger partial charge is 0.274 e. The van der Waals surface area contributed by atoms with Crippen molar-refractivity contribution in [3.63, 3.8) is 0 Å². The van der Waals surface area contributed by atoms with Crippen molar-refractivity contribution in [2.24, 2.45) is 5.92 Å². The van der Waals surface area contributed by atoms with Crippen LogP contribution in [0.15, 0.2) is 42.6 Å². The van der Waals surface area contributed by atoms with E-state index in [4.69, 9.17) is 0 Å². The number of hydrogen-bond donors (Lipinski definition) is 2. The van der Waals surface area contributed by atoms with Gasteiger partial charge in [-0.25, -0.2) is 4.98 Å². The number of rotatable bonds is 6. The first-order valence-electron chi connectivity index (χ1n) is 7.62. The Kier molecular flexibility index (Phi) is 5.53. The zero-order valence-corrected chi connectivity index (χ0v) is 13.4. The van der Waals surface area contributed by atoms with Crippen LogP contribution in [0.2, 0.25) is 0 Å². The van der Waals surface area contributed by atoms with Crippen molar-refractivity contribution in [2.75, 3.05) is 17.2 Å². The molecular weight excluding hydrogens is 274 g/mol. The van der Waals surface area contributed by atoms with Gasteiger partial charge in [-0.3, -0.25) is 4.79 Å². The lowest BCUT2D eigenvalue weighted by atomic mass is 10.1. The van der Waals surface area contributed by atoms with Crippen LogP contribution >= 0.6 is 0 Å². The minimum atomic E-state index is -0.197. The lowest BCUT2D eigenvalue weighted by molar-refractivity contribution is 0.102. The predicted octanol–water partition coefficient (Wildman–Crippen LogP) is 4.10. The van der Waals surface area contributed by atoms with Crippen LogP contribution in [0.5, 0.6) is 0 Å². The summed E-state index contributed by atoms with van der Waals surface area (Å²) in [6, 6.07) is 11.3. The molecule has 22 heavy (non-hydrogen) atoms. The maximum Gasteiger partial charge on any atom is 0.274 e. The van der Waals surface area contributed by atoms with E-state index >= 15 is 0 Å². The molecule has 0 unspecified atom stereocenters. The molecule has 0 bridgehead atoms. The van der Waals surface area contributed by atoms with E-state index in [1.807, 2.05) is 37.3 Å². The summed E-state index contributed by atoms with van der Waals surface area (Å²) in [6.07, 6.45) is 2.81. The minimum absolute atomic E-state index is 0.197. The van der Waals surface area contributed by atoms with Gasteiger partial charge in [-0.05, 0) is 43.5 Å². The van der Waals surface area contributed by atoms with Crippen LogP contribution in [0.3, 0.4) is 0 Å². The largest absolute Gasteiger partial charge is 0.384 e. The SMILES string of the molecule is Cc1ccc(NC(=O)c2ccc(NCCC(C)C)cn2)cc1. The summed E-state index contributed by atoms with van der Waals surface area (Å²) in [7, 11) is 0. The van der Waals surface area contributed by atoms with E-state index in [1.54, 1.807) is 12.3 Å². The molecule has 0 radical (unpaired) electrons. The number of anilines is 2. The van der Waals surface area contributed by atoms with Gasteiger partial charge in [0.2, 0.25) is 0 Å². The number of carbonyl (C=O) groups is 1. The van der Waals surface area contributed by atoms with Crippen LogP contribution in [0.4, 0.5) is 11.4 Å². The number of nitrogens with one attached hydrogen (secondary N) is 2. The van der Waals surface area contributed by atoms with Gasteiger partial charge in [-0.2, -0.15) is 0 Å². The fraction of sp³-hybridized carbons (Fsp3) is 0.333. The average molecular weight is 297 g/mol. The first kappa shape index (κ1) is 16.0. The molecule has 0 fully saturated rings. The monoisotopic (exact) mass is 297 g/mol. The number of benzene rings is 1. The van der Waals surface area contributed by atoms with E-state index in [0.29, 0.717) is 11.6 Å². The van der Waals surface area contributed by atoms with Crippen molar-refractivity contribution in [1.29, 1.82) is 0 Å². The van der Waals surface area contributed by atoms with Crippen LogP contribution < -0.4 is 10.6 Å². The standard InChI is InChI=1S/C18H23N3O/c1-13(2)10-11-19-16-8-9-17(20-12-16)18(22)21-15-6-4-14(3)5-7-15/h4-9,12-13,19H,10-11H2,1-3H3,(H,21,22). The molecule has 0 atom stereocenters. The second kappa shape index (κ2) is 7.59. The van der Waals surface area contributed by atoms with Crippen LogP contribution in [-0.2, 0) is 0 Å². The summed E-state index contributed by atoms with van der Waals surface area (Å²) < 4.78 is 0. The summed E-state index contributed by atoms with van der Waals surface area (Å²) in [5.74, 6) is 0.470. The van der Waals surface area contributed by atoms with Crippen molar-refractivity contribution >= 4 is 17.3 Å². The van der Waals surface area contributed by atoms with Gasteiger partial charge in [0.25, 0.3) is 5.91 Å². The zero-order chi connectivity index (χ0) is 15.9. The van der Waals surface area contributed by atoms with Gasteiger partial charge in [0.1, 0.15) is 5.69 Å². The Morgan fingerprint density at radius 1 is 1.09 bits per heavy atom. The molecule has 1 aromatic heterocycles. The highest BCUT2D eigenvalue weighted by Gasteiger charge is 2.07. The van der Waals surface area contributed by atoms with E-state index in [2.05, 4.69) is 29.5 Å². The second-order valence-electron chi connectivity index (χ2n) is 5.86. The van der Waals surface area contributed by atoms with Gasteiger partial charge >= 0.3 is 0 Å². The molecule has 1 heterocycles. The number of pyridine rings is 1. The lowest BCUT2D eigenvalue weighted by Gasteiger charge is -2.09. The Balaban J connectivity index is 1.91. The summed E-state index contributed by atoms with van der Waals surface area (Å²) in [4.78, 5) is 16.3. The topological polar surface area (TPSA) is 54.0 Å². The van der Waals surface area contributed by atoms with Crippen molar-refractivity contribution in [2.45, 2.75) is 27.2 Å². The Morgan fingerprint density at radius 3 is 2.36 bits per heavy atom. The summed E-state index contributed by atoms with van der Waals surface area (Å²) in [5.41, 5.74) is 3.28. The van der Waals surface area contributed by atoms with Gasteiger partial charge < -0.3 is 10.6 Å². The van der Waals surface area contributed by atoms with E-state index < -0.39 is 0 Å². The van der Waals surface area contributed by atoms with Gasteiger partial charge in [-0.1, -0.05) is 31.5 Å². The number of aryl methyl sites for hydroxylation is 1. The molecule has 2 rings (SSSR count). The molecule has 0 aliphatic carbocycles. The molecule has 0 spiro atoms. The molecular formula is C18H23N3O. The van der Waals surface area contributed by atoms with Gasteiger partial charge in [-0.15, -0.1) is 0 Å². The Morgan fingerprint density at radius 2 is 1.77 bits per heavy atom. The molecule has 0 saturated heterocycles. The number of carbonyl (C=O) groups excluding carboxylic acids is 1. The molecule has 1 aromatic carbocycles. The highest BCUT2D eigenvalue weighted by Crippen LogP contribution is 2.12. The van der Waals surface area contributed by atoms with Crippen molar-refractivity contribution in [3.05, 3.63) is 53.9 Å². The highest BCUT2D eigenvalue weighted by molar-refractivity contribution is 6.02. The van der Waals surface area contributed by atoms with E-state index in [0.717, 1.165) is 29.9 Å². The molecule has 116 valence electrons. The molecule has 1 amide bonds. The van der Waals surface area contributed by atoms with Gasteiger partial charge in [0.15, 0.2) is 0 Å². The van der Waals surface area contributed by atoms with E-state index in [-0.39, 0.29) is 5.91 Å². The van der Waals surface area contributed by atoms with Gasteiger partial charge in [0.05, 0.1) is 11.9 Å². The number of hydrogen-bond acceptors (Lipinski definition) is 3. The zero-order valence-electron chi connectivity index (χ0n) is 13.4. The third kappa shape index (κ3) is 4.88. The second-order valence-corrected chi connectivity index (χ2v) is 5.86. The highest BCUT2D eigenvalue weighted by atomic mass is 16.1. The average Bonchev–Trinajstić information content (AvgIpc) is 2.50. The molecule has 4 heteroatoms. The molecule has 4 nitrogen and oxygen atoms in total. The van der Waals surface area contributed by atoms with E-state index in [9.17, 15) is 4.79 Å². The molecule has 0 aliphatic heterocycles. The minimum Gasteiger partial charge on any atom is -0.384 e. The Labute approximate surface area is 132 Å². The maximum atomic E-state index is 12.1. The number of aromatic nitrogens is 1. The first-order valence-corrected chi connectivity index (χ1v) is 7.62. The molecule has 2 N–H and O–H groups in total. The third-order valence-electron chi connectivity index (χ3n) is 3.36. The Hall–Kier alpha value is -2.36. The first-order chi connectivity index (χ1) is 10.5. The van der Waals surface area contributed by atoms with E-state index in [1.165, 1.54) is 0 Å². The van der Waals surface area contributed by atoms with Crippen molar-refractivity contribution < 1.29 is 4.79 Å². The molecule has 0 aliphatic rings. The normalized spacial score (nSPS) is 10.5. The predicted molar refractivity (Wildman–Crippen MR) is 91.3 cm³/mol. The lowest BCUT2D eigenvalue weighted by Crippen LogP contribution is -2.14. The summed E-state index contributed by atoms with van der Waals surface area (Å²) in [5, 5.41) is 6.14. The summed E-state index contributed by atoms with van der Waals surface area (Å²) in [6.45, 7) is 7.31. The van der Waals surface area contributed by atoms with Crippen LogP contribution in [0.25, 0.3) is 0 Å². The van der Waals surface area contributed by atoms with Crippen molar-refractivity contribution in [3.8, 4) is 0 Å². The third-order valence-corrected chi connectivity index (χ3v) is 3.36. The van der Waals surface area contributed by atoms with Crippen molar-refractivity contribution in [1.82, 2.24) is 4.98 Å². The van der Waals surface area contributed by atoms with Crippen LogP contribution in [-0.4, -0.2) is 17.4 Å². The quantitative estimate of drug-likeness (QED) is 0.844. The van der Waals surface area contributed by atoms with Crippen LogP contribution in [0.1, 0.15) is 36.3 Å². The molecule has 2 aromatic rings. The van der Waals surface area contributed by atoms with Gasteiger partial charge in [0, 0.05) is 12.2 Å². The number of amides is 1. The summed E-state index contributed by atoms with van der Waals surface area (Å²) >= 11 is 0. The maximum absolute atomic E-state index is 12.1. The Bertz CT molecular complexity index is 603. The fourth-order valence-electron chi connectivity index (χ4n) is 1.97. The fourth-order valence-corrected chi connectivity index (χ4v) is 1.97. The number of nitrogens with zero attached hydrogens (tertiary/aromatic N) is 1. The van der Waals surface area contributed by atoms with Crippen LogP contribution in [0, 0.1) is 12.8 Å². The molecule has 0 saturated carbocycles.